The lowest BCUT2D eigenvalue weighted by molar-refractivity contribution is -0.145. The maximum atomic E-state index is 13.6. The molecular formula is C16H7F5N4S. The first-order valence-corrected chi connectivity index (χ1v) is 7.99. The van der Waals surface area contributed by atoms with Crippen LogP contribution in [-0.2, 0) is 6.18 Å². The molecule has 0 radical (unpaired) electrons. The van der Waals surface area contributed by atoms with Gasteiger partial charge in [0.25, 0.3) is 0 Å². The van der Waals surface area contributed by atoms with Gasteiger partial charge >= 0.3 is 6.18 Å². The van der Waals surface area contributed by atoms with Crippen LogP contribution in [0.1, 0.15) is 5.82 Å². The van der Waals surface area contributed by atoms with E-state index >= 15 is 0 Å². The second-order valence-electron chi connectivity index (χ2n) is 5.29. The molecule has 0 unspecified atom stereocenters. The molecule has 0 aliphatic rings. The summed E-state index contributed by atoms with van der Waals surface area (Å²) >= 11 is 1.01. The average Bonchev–Trinajstić information content (AvgIpc) is 3.03. The van der Waals surface area contributed by atoms with Crippen LogP contribution in [-0.4, -0.2) is 19.6 Å². The standard InChI is InChI=1S/C16H7F5N4S/c17-8-1-4-10(5-2-8)26-14-13-23-24-15(16(19,20)21)25(13)12-7-9(18)3-6-11(12)22-14/h1-7H. The molecule has 0 spiro atoms. The Balaban J connectivity index is 1.99. The van der Waals surface area contributed by atoms with E-state index in [0.29, 0.717) is 4.90 Å². The van der Waals surface area contributed by atoms with Crippen molar-refractivity contribution in [3.05, 3.63) is 59.9 Å². The largest absolute Gasteiger partial charge is 0.452 e. The van der Waals surface area contributed by atoms with E-state index in [1.165, 1.54) is 30.3 Å². The van der Waals surface area contributed by atoms with Gasteiger partial charge in [0.2, 0.25) is 5.82 Å². The van der Waals surface area contributed by atoms with Gasteiger partial charge in [0, 0.05) is 11.0 Å². The second kappa shape index (κ2) is 5.90. The summed E-state index contributed by atoms with van der Waals surface area (Å²) in [7, 11) is 0. The molecule has 0 aliphatic carbocycles. The number of hydrogen-bond acceptors (Lipinski definition) is 4. The molecule has 4 rings (SSSR count). The van der Waals surface area contributed by atoms with Gasteiger partial charge in [0.05, 0.1) is 11.0 Å². The van der Waals surface area contributed by atoms with E-state index in [-0.39, 0.29) is 21.7 Å². The fraction of sp³-hybridized carbons (Fsp3) is 0.0625. The zero-order valence-electron chi connectivity index (χ0n) is 12.6. The molecule has 2 aromatic heterocycles. The average molecular weight is 382 g/mol. The highest BCUT2D eigenvalue weighted by Gasteiger charge is 2.38. The minimum absolute atomic E-state index is 0.0965. The van der Waals surface area contributed by atoms with Crippen molar-refractivity contribution in [2.45, 2.75) is 16.1 Å². The van der Waals surface area contributed by atoms with Crippen molar-refractivity contribution >= 4 is 28.4 Å². The number of aromatic nitrogens is 4. The van der Waals surface area contributed by atoms with Gasteiger partial charge in [-0.2, -0.15) is 13.2 Å². The molecule has 4 aromatic rings. The lowest BCUT2D eigenvalue weighted by atomic mass is 10.3. The number of nitrogens with zero attached hydrogens (tertiary/aromatic N) is 4. The molecule has 10 heteroatoms. The van der Waals surface area contributed by atoms with Crippen LogP contribution in [0.5, 0.6) is 0 Å². The van der Waals surface area contributed by atoms with Gasteiger partial charge < -0.3 is 0 Å². The molecular weight excluding hydrogens is 375 g/mol. The number of alkyl halides is 3. The van der Waals surface area contributed by atoms with Crippen LogP contribution in [0.15, 0.2) is 52.4 Å². The molecule has 0 saturated heterocycles. The van der Waals surface area contributed by atoms with Gasteiger partial charge in [-0.3, -0.25) is 4.40 Å². The van der Waals surface area contributed by atoms with Gasteiger partial charge in [-0.05, 0) is 36.4 Å². The third kappa shape index (κ3) is 2.85. The molecule has 0 bridgehead atoms. The third-order valence-electron chi connectivity index (χ3n) is 3.54. The van der Waals surface area contributed by atoms with Gasteiger partial charge in [0.1, 0.15) is 16.7 Å². The van der Waals surface area contributed by atoms with E-state index in [0.717, 1.165) is 28.3 Å². The summed E-state index contributed by atoms with van der Waals surface area (Å²) in [6.07, 6.45) is -4.78. The molecule has 26 heavy (non-hydrogen) atoms. The number of halogens is 5. The van der Waals surface area contributed by atoms with Crippen molar-refractivity contribution in [1.29, 1.82) is 0 Å². The summed E-state index contributed by atoms with van der Waals surface area (Å²) in [6, 6.07) is 8.70. The predicted molar refractivity (Wildman–Crippen MR) is 83.8 cm³/mol. The van der Waals surface area contributed by atoms with Gasteiger partial charge in [0.15, 0.2) is 5.65 Å². The Kier molecular flexibility index (Phi) is 3.79. The van der Waals surface area contributed by atoms with Crippen LogP contribution in [0.4, 0.5) is 22.0 Å². The second-order valence-corrected chi connectivity index (χ2v) is 6.35. The maximum Gasteiger partial charge on any atom is 0.452 e. The van der Waals surface area contributed by atoms with Gasteiger partial charge in [-0.25, -0.2) is 13.8 Å². The minimum Gasteiger partial charge on any atom is -0.267 e. The molecule has 0 amide bonds. The lowest BCUT2D eigenvalue weighted by Gasteiger charge is -2.10. The van der Waals surface area contributed by atoms with Crippen LogP contribution >= 0.6 is 11.8 Å². The Morgan fingerprint density at radius 1 is 0.885 bits per heavy atom. The Morgan fingerprint density at radius 3 is 2.27 bits per heavy atom. The van der Waals surface area contributed by atoms with Crippen LogP contribution in [0, 0.1) is 11.6 Å². The first kappa shape index (κ1) is 16.7. The summed E-state index contributed by atoms with van der Waals surface area (Å²) in [5.74, 6) is -2.42. The highest BCUT2D eigenvalue weighted by Crippen LogP contribution is 2.35. The normalized spacial score (nSPS) is 12.2. The molecule has 0 atom stereocenters. The summed E-state index contributed by atoms with van der Waals surface area (Å²) in [4.78, 5) is 4.82. The first-order valence-electron chi connectivity index (χ1n) is 7.18. The fourth-order valence-electron chi connectivity index (χ4n) is 2.45. The van der Waals surface area contributed by atoms with Crippen molar-refractivity contribution in [3.63, 3.8) is 0 Å². The molecule has 2 aromatic carbocycles. The molecule has 4 nitrogen and oxygen atoms in total. The van der Waals surface area contributed by atoms with E-state index in [2.05, 4.69) is 15.2 Å². The minimum atomic E-state index is -4.78. The van der Waals surface area contributed by atoms with E-state index in [1.54, 1.807) is 0 Å². The molecule has 132 valence electrons. The van der Waals surface area contributed by atoms with E-state index in [1.807, 2.05) is 0 Å². The predicted octanol–water partition coefficient (Wildman–Crippen LogP) is 4.73. The van der Waals surface area contributed by atoms with E-state index < -0.39 is 23.6 Å². The van der Waals surface area contributed by atoms with Crippen LogP contribution in [0.2, 0.25) is 0 Å². The Bertz CT molecular complexity index is 1120. The third-order valence-corrected chi connectivity index (χ3v) is 4.51. The Labute approximate surface area is 146 Å². The summed E-state index contributed by atoms with van der Waals surface area (Å²) in [5, 5.41) is 6.94. The Morgan fingerprint density at radius 2 is 1.58 bits per heavy atom. The van der Waals surface area contributed by atoms with Crippen molar-refractivity contribution in [2.24, 2.45) is 0 Å². The number of fused-ring (bicyclic) bond motifs is 3. The monoisotopic (exact) mass is 382 g/mol. The number of hydrogen-bond donors (Lipinski definition) is 0. The van der Waals surface area contributed by atoms with E-state index in [9.17, 15) is 22.0 Å². The van der Waals surface area contributed by atoms with Crippen LogP contribution < -0.4 is 0 Å². The van der Waals surface area contributed by atoms with Crippen molar-refractivity contribution in [2.75, 3.05) is 0 Å². The fourth-order valence-corrected chi connectivity index (χ4v) is 3.31. The molecule has 2 heterocycles. The first-order chi connectivity index (χ1) is 12.3. The zero-order chi connectivity index (χ0) is 18.5. The molecule has 0 aliphatic heterocycles. The van der Waals surface area contributed by atoms with Crippen LogP contribution in [0.3, 0.4) is 0 Å². The number of benzene rings is 2. The van der Waals surface area contributed by atoms with Crippen LogP contribution in [0.25, 0.3) is 16.7 Å². The quantitative estimate of drug-likeness (QED) is 0.471. The van der Waals surface area contributed by atoms with Crippen molar-refractivity contribution < 1.29 is 22.0 Å². The lowest BCUT2D eigenvalue weighted by Crippen LogP contribution is -2.12. The molecule has 0 N–H and O–H groups in total. The topological polar surface area (TPSA) is 43.1 Å². The van der Waals surface area contributed by atoms with E-state index in [4.69, 9.17) is 0 Å². The summed E-state index contributed by atoms with van der Waals surface area (Å²) < 4.78 is 67.3. The SMILES string of the molecule is Fc1ccc(Sc2nc3ccc(F)cc3n3c(C(F)(F)F)nnc23)cc1. The summed E-state index contributed by atoms with van der Waals surface area (Å²) in [6.45, 7) is 0. The number of rotatable bonds is 2. The summed E-state index contributed by atoms with van der Waals surface area (Å²) in [5.41, 5.74) is -0.112. The highest BCUT2D eigenvalue weighted by molar-refractivity contribution is 7.99. The van der Waals surface area contributed by atoms with Crippen molar-refractivity contribution in [3.8, 4) is 0 Å². The smallest absolute Gasteiger partial charge is 0.267 e. The highest BCUT2D eigenvalue weighted by atomic mass is 32.2. The van der Waals surface area contributed by atoms with Gasteiger partial charge in [-0.15, -0.1) is 10.2 Å². The van der Waals surface area contributed by atoms with Crippen molar-refractivity contribution in [1.82, 2.24) is 19.6 Å². The molecule has 0 saturated carbocycles. The molecule has 0 fully saturated rings. The van der Waals surface area contributed by atoms with Gasteiger partial charge in [-0.1, -0.05) is 11.8 Å². The zero-order valence-corrected chi connectivity index (χ0v) is 13.4. The Hall–Kier alpha value is -2.75. The maximum absolute atomic E-state index is 13.6.